The van der Waals surface area contributed by atoms with Crippen LogP contribution in [0, 0.1) is 0 Å². The van der Waals surface area contributed by atoms with Crippen LogP contribution in [0.15, 0.2) is 53.4 Å². The number of para-hydroxylation sites is 1. The Balaban J connectivity index is 1.98. The number of rotatable bonds is 5. The summed E-state index contributed by atoms with van der Waals surface area (Å²) in [5.74, 6) is -0.168. The molecule has 0 aliphatic carbocycles. The lowest BCUT2D eigenvalue weighted by atomic mass is 10.1. The van der Waals surface area contributed by atoms with Crippen LogP contribution in [-0.4, -0.2) is 37.8 Å². The van der Waals surface area contributed by atoms with Crippen LogP contribution in [0.5, 0.6) is 0 Å². The van der Waals surface area contributed by atoms with Crippen LogP contribution in [0.1, 0.15) is 36.7 Å². The van der Waals surface area contributed by atoms with Crippen LogP contribution >= 0.6 is 0 Å². The van der Waals surface area contributed by atoms with Gasteiger partial charge in [0, 0.05) is 30.4 Å². The monoisotopic (exact) mass is 372 g/mol. The molecule has 138 valence electrons. The van der Waals surface area contributed by atoms with E-state index >= 15 is 0 Å². The van der Waals surface area contributed by atoms with E-state index < -0.39 is 10.0 Å². The molecule has 1 heterocycles. The standard InChI is InChI=1S/C20H24N2O3S/c1-4-21(5-2)26(24,25)18-11-8-10-17(14-18)20(23)22-15(3)13-16-9-6-7-12-19(16)22/h6-12,14-15H,4-5,13H2,1-3H3. The van der Waals surface area contributed by atoms with E-state index in [-0.39, 0.29) is 16.8 Å². The minimum Gasteiger partial charge on any atom is -0.305 e. The van der Waals surface area contributed by atoms with Crippen LogP contribution in [-0.2, 0) is 16.4 Å². The zero-order valence-corrected chi connectivity index (χ0v) is 16.2. The van der Waals surface area contributed by atoms with Crippen molar-refractivity contribution in [3.63, 3.8) is 0 Å². The highest BCUT2D eigenvalue weighted by atomic mass is 32.2. The molecule has 2 aromatic rings. The molecule has 1 aliphatic heterocycles. The summed E-state index contributed by atoms with van der Waals surface area (Å²) in [7, 11) is -3.59. The Labute approximate surface area is 155 Å². The smallest absolute Gasteiger partial charge is 0.258 e. The van der Waals surface area contributed by atoms with Gasteiger partial charge in [-0.3, -0.25) is 4.79 Å². The molecule has 6 heteroatoms. The summed E-state index contributed by atoms with van der Waals surface area (Å²) in [6.45, 7) is 6.41. The lowest BCUT2D eigenvalue weighted by Gasteiger charge is -2.23. The number of nitrogens with zero attached hydrogens (tertiary/aromatic N) is 2. The molecule has 5 nitrogen and oxygen atoms in total. The summed E-state index contributed by atoms with van der Waals surface area (Å²) in [6, 6.07) is 14.2. The van der Waals surface area contributed by atoms with Crippen molar-refractivity contribution < 1.29 is 13.2 Å². The van der Waals surface area contributed by atoms with Crippen LogP contribution in [0.4, 0.5) is 5.69 Å². The van der Waals surface area contributed by atoms with Gasteiger partial charge in [0.15, 0.2) is 0 Å². The van der Waals surface area contributed by atoms with Crippen molar-refractivity contribution in [1.29, 1.82) is 0 Å². The highest BCUT2D eigenvalue weighted by Crippen LogP contribution is 2.33. The normalized spacial score (nSPS) is 16.8. The molecule has 0 N–H and O–H groups in total. The Morgan fingerprint density at radius 1 is 1.12 bits per heavy atom. The Hall–Kier alpha value is -2.18. The van der Waals surface area contributed by atoms with Gasteiger partial charge in [-0.25, -0.2) is 8.42 Å². The highest BCUT2D eigenvalue weighted by Gasteiger charge is 2.32. The van der Waals surface area contributed by atoms with Crippen LogP contribution in [0.2, 0.25) is 0 Å². The fourth-order valence-corrected chi connectivity index (χ4v) is 5.02. The number of anilines is 1. The first-order chi connectivity index (χ1) is 12.4. The van der Waals surface area contributed by atoms with Gasteiger partial charge in [-0.1, -0.05) is 38.1 Å². The van der Waals surface area contributed by atoms with Gasteiger partial charge in [0.05, 0.1) is 4.90 Å². The lowest BCUT2D eigenvalue weighted by molar-refractivity contribution is 0.0981. The fraction of sp³-hybridized carbons (Fsp3) is 0.350. The maximum absolute atomic E-state index is 13.1. The van der Waals surface area contributed by atoms with Crippen molar-refractivity contribution in [3.8, 4) is 0 Å². The maximum atomic E-state index is 13.1. The largest absolute Gasteiger partial charge is 0.305 e. The molecule has 0 saturated carbocycles. The molecule has 1 amide bonds. The first-order valence-electron chi connectivity index (χ1n) is 8.91. The second-order valence-electron chi connectivity index (χ2n) is 6.47. The van der Waals surface area contributed by atoms with Crippen molar-refractivity contribution in [2.75, 3.05) is 18.0 Å². The molecule has 0 aromatic heterocycles. The minimum atomic E-state index is -3.59. The third kappa shape index (κ3) is 3.15. The second-order valence-corrected chi connectivity index (χ2v) is 8.41. The van der Waals surface area contributed by atoms with Gasteiger partial charge in [-0.05, 0) is 43.2 Å². The summed E-state index contributed by atoms with van der Waals surface area (Å²) in [4.78, 5) is 15.0. The van der Waals surface area contributed by atoms with E-state index in [0.29, 0.717) is 18.7 Å². The zero-order chi connectivity index (χ0) is 18.9. The topological polar surface area (TPSA) is 57.7 Å². The third-order valence-electron chi connectivity index (χ3n) is 4.85. The van der Waals surface area contributed by atoms with Crippen molar-refractivity contribution in [2.24, 2.45) is 0 Å². The van der Waals surface area contributed by atoms with Crippen molar-refractivity contribution in [2.45, 2.75) is 38.1 Å². The number of hydrogen-bond acceptors (Lipinski definition) is 3. The summed E-state index contributed by atoms with van der Waals surface area (Å²) in [5, 5.41) is 0. The summed E-state index contributed by atoms with van der Waals surface area (Å²) >= 11 is 0. The summed E-state index contributed by atoms with van der Waals surface area (Å²) in [5.41, 5.74) is 2.43. The molecule has 0 saturated heterocycles. The SMILES string of the molecule is CCN(CC)S(=O)(=O)c1cccc(C(=O)N2c3ccccc3CC2C)c1. The molecule has 0 fully saturated rings. The third-order valence-corrected chi connectivity index (χ3v) is 6.90. The van der Waals surface area contributed by atoms with Gasteiger partial charge >= 0.3 is 0 Å². The van der Waals surface area contributed by atoms with Gasteiger partial charge in [0.25, 0.3) is 5.91 Å². The molecule has 0 radical (unpaired) electrons. The molecule has 1 atom stereocenters. The van der Waals surface area contributed by atoms with Gasteiger partial charge in [-0.2, -0.15) is 4.31 Å². The van der Waals surface area contributed by atoms with E-state index in [1.807, 2.05) is 31.2 Å². The van der Waals surface area contributed by atoms with Gasteiger partial charge in [-0.15, -0.1) is 0 Å². The Morgan fingerprint density at radius 3 is 2.50 bits per heavy atom. The van der Waals surface area contributed by atoms with Crippen molar-refractivity contribution in [1.82, 2.24) is 4.31 Å². The predicted molar refractivity (Wildman–Crippen MR) is 103 cm³/mol. The molecule has 3 rings (SSSR count). The van der Waals surface area contributed by atoms with E-state index in [2.05, 4.69) is 0 Å². The number of fused-ring (bicyclic) bond motifs is 1. The second kappa shape index (κ2) is 7.21. The van der Waals surface area contributed by atoms with Gasteiger partial charge < -0.3 is 4.90 Å². The van der Waals surface area contributed by atoms with E-state index in [9.17, 15) is 13.2 Å². The Bertz CT molecular complexity index is 920. The molecule has 2 aromatic carbocycles. The summed E-state index contributed by atoms with van der Waals surface area (Å²) < 4.78 is 26.9. The number of hydrogen-bond donors (Lipinski definition) is 0. The number of carbonyl (C=O) groups excluding carboxylic acids is 1. The first kappa shape index (κ1) is 18.6. The van der Waals surface area contributed by atoms with E-state index in [1.165, 1.54) is 10.4 Å². The molecule has 1 unspecified atom stereocenters. The van der Waals surface area contributed by atoms with Gasteiger partial charge in [0.1, 0.15) is 0 Å². The van der Waals surface area contributed by atoms with Gasteiger partial charge in [0.2, 0.25) is 10.0 Å². The average molecular weight is 372 g/mol. The molecular weight excluding hydrogens is 348 g/mol. The number of carbonyl (C=O) groups is 1. The number of benzene rings is 2. The number of amides is 1. The molecule has 0 spiro atoms. The van der Waals surface area contributed by atoms with E-state index in [4.69, 9.17) is 0 Å². The van der Waals surface area contributed by atoms with Crippen molar-refractivity contribution in [3.05, 3.63) is 59.7 Å². The maximum Gasteiger partial charge on any atom is 0.258 e. The first-order valence-corrected chi connectivity index (χ1v) is 10.4. The quantitative estimate of drug-likeness (QED) is 0.809. The molecule has 26 heavy (non-hydrogen) atoms. The summed E-state index contributed by atoms with van der Waals surface area (Å²) in [6.07, 6.45) is 0.805. The van der Waals surface area contributed by atoms with E-state index in [0.717, 1.165) is 17.7 Å². The van der Waals surface area contributed by atoms with Crippen LogP contribution in [0.3, 0.4) is 0 Å². The predicted octanol–water partition coefficient (Wildman–Crippen LogP) is 3.31. The average Bonchev–Trinajstić information content (AvgIpc) is 2.97. The lowest BCUT2D eigenvalue weighted by Crippen LogP contribution is -2.36. The fourth-order valence-electron chi connectivity index (χ4n) is 3.52. The van der Waals surface area contributed by atoms with Crippen LogP contribution < -0.4 is 4.90 Å². The minimum absolute atomic E-state index is 0.0444. The highest BCUT2D eigenvalue weighted by molar-refractivity contribution is 7.89. The molecular formula is C20H24N2O3S. The molecule has 1 aliphatic rings. The zero-order valence-electron chi connectivity index (χ0n) is 15.3. The van der Waals surface area contributed by atoms with E-state index in [1.54, 1.807) is 36.9 Å². The van der Waals surface area contributed by atoms with Crippen molar-refractivity contribution >= 4 is 21.6 Å². The number of sulfonamides is 1. The molecule has 0 bridgehead atoms. The Morgan fingerprint density at radius 2 is 1.81 bits per heavy atom. The Kier molecular flexibility index (Phi) is 5.16. The van der Waals surface area contributed by atoms with Crippen LogP contribution in [0.25, 0.3) is 0 Å².